The fourth-order valence-electron chi connectivity index (χ4n) is 4.52. The van der Waals surface area contributed by atoms with Crippen molar-refractivity contribution in [3.05, 3.63) is 129 Å². The van der Waals surface area contributed by atoms with E-state index in [1.807, 2.05) is 60.7 Å². The van der Waals surface area contributed by atoms with Gasteiger partial charge in [-0.15, -0.1) is 0 Å². The molecule has 0 aliphatic carbocycles. The molecule has 0 bridgehead atoms. The number of carbonyl (C=O) groups excluding carboxylic acids is 2. The van der Waals surface area contributed by atoms with E-state index < -0.39 is 6.04 Å². The molecule has 0 spiro atoms. The maximum Gasteiger partial charge on any atom is 0.243 e. The molecule has 41 heavy (non-hydrogen) atoms. The summed E-state index contributed by atoms with van der Waals surface area (Å²) in [6.45, 7) is 0.537. The average molecular weight is 592 g/mol. The number of hydrogen-bond donors (Lipinski definition) is 1. The van der Waals surface area contributed by atoms with E-state index in [2.05, 4.69) is 5.32 Å². The summed E-state index contributed by atoms with van der Waals surface area (Å²) in [6, 6.07) is 28.9. The summed E-state index contributed by atoms with van der Waals surface area (Å²) >= 11 is 12.2. The van der Waals surface area contributed by atoms with Crippen LogP contribution in [0.1, 0.15) is 22.3 Å². The second kappa shape index (κ2) is 14.6. The maximum atomic E-state index is 14.0. The largest absolute Gasteiger partial charge is 0.493 e. The van der Waals surface area contributed by atoms with Crippen LogP contribution in [-0.2, 0) is 35.5 Å². The number of hydrogen-bond acceptors (Lipinski definition) is 4. The molecular weight excluding hydrogens is 559 g/mol. The van der Waals surface area contributed by atoms with Crippen LogP contribution in [0.4, 0.5) is 0 Å². The Morgan fingerprint density at radius 2 is 1.32 bits per heavy atom. The monoisotopic (exact) mass is 590 g/mol. The van der Waals surface area contributed by atoms with Crippen LogP contribution in [0.15, 0.2) is 97.1 Å². The molecule has 2 amide bonds. The van der Waals surface area contributed by atoms with Gasteiger partial charge in [0.1, 0.15) is 6.04 Å². The zero-order valence-corrected chi connectivity index (χ0v) is 24.5. The quantitative estimate of drug-likeness (QED) is 0.204. The van der Waals surface area contributed by atoms with Crippen molar-refractivity contribution in [1.29, 1.82) is 0 Å². The van der Waals surface area contributed by atoms with Crippen LogP contribution in [-0.4, -0.2) is 37.0 Å². The van der Waals surface area contributed by atoms with Gasteiger partial charge >= 0.3 is 0 Å². The molecule has 0 saturated carbocycles. The van der Waals surface area contributed by atoms with Crippen LogP contribution in [0.5, 0.6) is 11.5 Å². The van der Waals surface area contributed by atoms with Crippen molar-refractivity contribution in [2.75, 3.05) is 14.2 Å². The SMILES string of the molecule is COc1ccc(CC(=O)N(Cc2ccc(Cl)cc2)[C@@H](Cc2ccccc2)C(=O)NCc2ccc(Cl)cc2)cc1OC. The van der Waals surface area contributed by atoms with Gasteiger partial charge in [0.25, 0.3) is 0 Å². The molecule has 4 aromatic carbocycles. The molecule has 212 valence electrons. The highest BCUT2D eigenvalue weighted by Crippen LogP contribution is 2.28. The van der Waals surface area contributed by atoms with Crippen LogP contribution >= 0.6 is 23.2 Å². The molecule has 1 atom stereocenters. The molecule has 0 heterocycles. The zero-order valence-electron chi connectivity index (χ0n) is 23.0. The van der Waals surface area contributed by atoms with Crippen LogP contribution < -0.4 is 14.8 Å². The van der Waals surface area contributed by atoms with Gasteiger partial charge in [-0.05, 0) is 58.7 Å². The van der Waals surface area contributed by atoms with E-state index in [1.54, 1.807) is 55.5 Å². The minimum absolute atomic E-state index is 0.0731. The lowest BCUT2D eigenvalue weighted by Crippen LogP contribution is -2.50. The second-order valence-corrected chi connectivity index (χ2v) is 10.4. The Morgan fingerprint density at radius 3 is 1.93 bits per heavy atom. The van der Waals surface area contributed by atoms with Crippen molar-refractivity contribution in [2.24, 2.45) is 0 Å². The third-order valence-electron chi connectivity index (χ3n) is 6.72. The van der Waals surface area contributed by atoms with Gasteiger partial charge in [0.2, 0.25) is 11.8 Å². The first-order valence-corrected chi connectivity index (χ1v) is 13.9. The third kappa shape index (κ3) is 8.49. The summed E-state index contributed by atoms with van der Waals surface area (Å²) in [5.74, 6) is 0.655. The van der Waals surface area contributed by atoms with E-state index in [9.17, 15) is 9.59 Å². The average Bonchev–Trinajstić information content (AvgIpc) is 2.99. The maximum absolute atomic E-state index is 14.0. The number of nitrogens with zero attached hydrogens (tertiary/aromatic N) is 1. The van der Waals surface area contributed by atoms with Crippen LogP contribution in [0.3, 0.4) is 0 Å². The Morgan fingerprint density at radius 1 is 0.732 bits per heavy atom. The lowest BCUT2D eigenvalue weighted by atomic mass is 10.0. The van der Waals surface area contributed by atoms with E-state index in [-0.39, 0.29) is 24.8 Å². The van der Waals surface area contributed by atoms with E-state index >= 15 is 0 Å². The molecular formula is C33H32Cl2N2O4. The molecule has 0 fully saturated rings. The van der Waals surface area contributed by atoms with Gasteiger partial charge in [-0.3, -0.25) is 9.59 Å². The molecule has 4 aromatic rings. The summed E-state index contributed by atoms with van der Waals surface area (Å²) in [5, 5.41) is 4.25. The first-order chi connectivity index (χ1) is 19.9. The summed E-state index contributed by atoms with van der Waals surface area (Å²) in [6.07, 6.45) is 0.419. The minimum Gasteiger partial charge on any atom is -0.493 e. The number of benzene rings is 4. The molecule has 6 nitrogen and oxygen atoms in total. The van der Waals surface area contributed by atoms with Crippen LogP contribution in [0.25, 0.3) is 0 Å². The number of methoxy groups -OCH3 is 2. The zero-order chi connectivity index (χ0) is 29.2. The predicted octanol–water partition coefficient (Wildman–Crippen LogP) is 6.51. The number of carbonyl (C=O) groups is 2. The van der Waals surface area contributed by atoms with Crippen molar-refractivity contribution in [1.82, 2.24) is 10.2 Å². The predicted molar refractivity (Wildman–Crippen MR) is 162 cm³/mol. The number of ether oxygens (including phenoxy) is 2. The van der Waals surface area contributed by atoms with Crippen molar-refractivity contribution in [2.45, 2.75) is 32.0 Å². The molecule has 0 aliphatic heterocycles. The Balaban J connectivity index is 1.66. The van der Waals surface area contributed by atoms with Crippen LogP contribution in [0, 0.1) is 0 Å². The van der Waals surface area contributed by atoms with Crippen molar-refractivity contribution in [3.63, 3.8) is 0 Å². The molecule has 0 aromatic heterocycles. The van der Waals surface area contributed by atoms with Gasteiger partial charge in [-0.25, -0.2) is 0 Å². The summed E-state index contributed by atoms with van der Waals surface area (Å²) in [7, 11) is 3.12. The fourth-order valence-corrected chi connectivity index (χ4v) is 4.77. The van der Waals surface area contributed by atoms with Crippen LogP contribution in [0.2, 0.25) is 10.0 Å². The highest BCUT2D eigenvalue weighted by Gasteiger charge is 2.30. The van der Waals surface area contributed by atoms with Gasteiger partial charge in [-0.2, -0.15) is 0 Å². The standard InChI is InChI=1S/C33H32Cl2N2O4/c1-40-30-17-12-26(19-31(30)41-2)20-32(38)37(22-25-10-15-28(35)16-11-25)29(18-23-6-4-3-5-7-23)33(39)36-21-24-8-13-27(34)14-9-24/h3-17,19,29H,18,20-22H2,1-2H3,(H,36,39)/t29-/m0/s1. The van der Waals surface area contributed by atoms with Crippen molar-refractivity contribution in [3.8, 4) is 11.5 Å². The van der Waals surface area contributed by atoms with E-state index in [4.69, 9.17) is 32.7 Å². The van der Waals surface area contributed by atoms with E-state index in [0.717, 1.165) is 22.3 Å². The second-order valence-electron chi connectivity index (χ2n) is 9.56. The molecule has 0 unspecified atom stereocenters. The van der Waals surface area contributed by atoms with Gasteiger partial charge < -0.3 is 19.7 Å². The van der Waals surface area contributed by atoms with Crippen molar-refractivity contribution < 1.29 is 19.1 Å². The van der Waals surface area contributed by atoms with Crippen molar-refractivity contribution >= 4 is 35.0 Å². The topological polar surface area (TPSA) is 67.9 Å². The lowest BCUT2D eigenvalue weighted by Gasteiger charge is -2.32. The molecule has 0 saturated heterocycles. The van der Waals surface area contributed by atoms with E-state index in [1.165, 1.54) is 0 Å². The summed E-state index contributed by atoms with van der Waals surface area (Å²) < 4.78 is 10.8. The first-order valence-electron chi connectivity index (χ1n) is 13.2. The Bertz CT molecular complexity index is 1440. The Labute approximate surface area is 250 Å². The third-order valence-corrected chi connectivity index (χ3v) is 7.22. The van der Waals surface area contributed by atoms with E-state index in [0.29, 0.717) is 34.5 Å². The molecule has 8 heteroatoms. The minimum atomic E-state index is -0.770. The Hall–Kier alpha value is -4.00. The summed E-state index contributed by atoms with van der Waals surface area (Å²) in [5.41, 5.74) is 3.45. The fraction of sp³-hybridized carbons (Fsp3) is 0.212. The molecule has 1 N–H and O–H groups in total. The van der Waals surface area contributed by atoms with Gasteiger partial charge in [0.05, 0.1) is 20.6 Å². The molecule has 0 aliphatic rings. The number of halogens is 2. The van der Waals surface area contributed by atoms with Gasteiger partial charge in [-0.1, -0.05) is 83.9 Å². The summed E-state index contributed by atoms with van der Waals surface area (Å²) in [4.78, 5) is 29.5. The molecule has 4 rings (SSSR count). The highest BCUT2D eigenvalue weighted by atomic mass is 35.5. The Kier molecular flexibility index (Phi) is 10.7. The number of rotatable bonds is 12. The van der Waals surface area contributed by atoms with Gasteiger partial charge in [0.15, 0.2) is 11.5 Å². The highest BCUT2D eigenvalue weighted by molar-refractivity contribution is 6.30. The smallest absolute Gasteiger partial charge is 0.243 e. The lowest BCUT2D eigenvalue weighted by molar-refractivity contribution is -0.140. The number of amides is 2. The normalized spacial score (nSPS) is 11.4. The van der Waals surface area contributed by atoms with Gasteiger partial charge in [0, 0.05) is 29.6 Å². The molecule has 0 radical (unpaired) electrons. The first kappa shape index (κ1) is 30.0. The number of nitrogens with one attached hydrogen (secondary N) is 1.